The highest BCUT2D eigenvalue weighted by molar-refractivity contribution is 6.30. The van der Waals surface area contributed by atoms with Crippen LogP contribution in [0.1, 0.15) is 42.4 Å². The highest BCUT2D eigenvalue weighted by Gasteiger charge is 2.15. The van der Waals surface area contributed by atoms with Gasteiger partial charge in [-0.15, -0.1) is 0 Å². The average Bonchev–Trinajstić information content (AvgIpc) is 3.08. The second kappa shape index (κ2) is 10.2. The Bertz CT molecular complexity index is 1010. The van der Waals surface area contributed by atoms with E-state index in [1.807, 2.05) is 41.0 Å². The summed E-state index contributed by atoms with van der Waals surface area (Å²) >= 11 is 6.25. The van der Waals surface area contributed by atoms with Crippen LogP contribution in [-0.4, -0.2) is 20.5 Å². The highest BCUT2D eigenvalue weighted by Crippen LogP contribution is 2.26. The molecular weight excluding hydrogens is 400 g/mol. The summed E-state index contributed by atoms with van der Waals surface area (Å²) in [6.45, 7) is 2.59. The molecule has 0 unspecified atom stereocenters. The molecule has 0 aliphatic rings. The molecule has 0 atom stereocenters. The summed E-state index contributed by atoms with van der Waals surface area (Å²) in [6, 6.07) is 16.0. The third kappa shape index (κ3) is 4.64. The van der Waals surface area contributed by atoms with Crippen molar-refractivity contribution in [2.75, 3.05) is 0 Å². The predicted molar refractivity (Wildman–Crippen MR) is 121 cm³/mol. The molecule has 0 saturated heterocycles. The third-order valence-electron chi connectivity index (χ3n) is 5.06. The van der Waals surface area contributed by atoms with Gasteiger partial charge in [0.2, 0.25) is 0 Å². The number of benzene rings is 2. The zero-order chi connectivity index (χ0) is 21.5. The normalized spacial score (nSPS) is 11.7. The molecule has 1 aromatic heterocycles. The number of hydrogen-bond donors (Lipinski definition) is 4. The summed E-state index contributed by atoms with van der Waals surface area (Å²) in [4.78, 5) is 4.45. The van der Waals surface area contributed by atoms with E-state index in [4.69, 9.17) is 23.3 Å². The van der Waals surface area contributed by atoms with Gasteiger partial charge >= 0.3 is 0 Å². The summed E-state index contributed by atoms with van der Waals surface area (Å²) in [6.07, 6.45) is 2.92. The molecule has 0 aliphatic carbocycles. The van der Waals surface area contributed by atoms with Crippen molar-refractivity contribution in [2.45, 2.75) is 39.3 Å². The van der Waals surface area contributed by atoms with Crippen molar-refractivity contribution < 1.29 is 5.11 Å². The Labute approximate surface area is 181 Å². The second-order valence-electron chi connectivity index (χ2n) is 6.98. The molecule has 0 aliphatic heterocycles. The fraction of sp³-hybridized carbons (Fsp3) is 0.273. The van der Waals surface area contributed by atoms with E-state index in [1.54, 1.807) is 0 Å². The number of halogens is 1. The zero-order valence-corrected chi connectivity index (χ0v) is 17.7. The number of rotatable bonds is 8. The van der Waals surface area contributed by atoms with Gasteiger partial charge < -0.3 is 20.9 Å². The van der Waals surface area contributed by atoms with E-state index in [9.17, 15) is 5.11 Å². The first-order chi connectivity index (χ1) is 14.6. The van der Waals surface area contributed by atoms with Gasteiger partial charge in [-0.05, 0) is 23.1 Å². The smallest absolute Gasteiger partial charge is 0.167 e. The Balaban J connectivity index is 1.90. The molecule has 6 N–H and O–H groups in total. The van der Waals surface area contributed by atoms with Crippen molar-refractivity contribution in [1.29, 1.82) is 0 Å². The molecule has 0 fully saturated rings. The maximum atomic E-state index is 9.76. The SMILES string of the molecule is CCCCc1nc(Cl)c(CO)n1Cc1ccc(-c2ccccc2/C(=N/N)NN)cc1. The van der Waals surface area contributed by atoms with Crippen LogP contribution < -0.4 is 17.1 Å². The van der Waals surface area contributed by atoms with Crippen molar-refractivity contribution in [3.63, 3.8) is 0 Å². The minimum absolute atomic E-state index is 0.142. The van der Waals surface area contributed by atoms with Gasteiger partial charge in [-0.2, -0.15) is 5.10 Å². The molecule has 0 bridgehead atoms. The van der Waals surface area contributed by atoms with Crippen LogP contribution in [0, 0.1) is 0 Å². The Hall–Kier alpha value is -2.87. The number of imidazole rings is 1. The minimum atomic E-state index is -0.142. The lowest BCUT2D eigenvalue weighted by atomic mass is 9.98. The quantitative estimate of drug-likeness (QED) is 0.191. The van der Waals surface area contributed by atoms with E-state index in [0.717, 1.165) is 47.3 Å². The molecule has 0 saturated carbocycles. The number of aryl methyl sites for hydroxylation is 1. The van der Waals surface area contributed by atoms with Crippen molar-refractivity contribution in [3.8, 4) is 11.1 Å². The monoisotopic (exact) mass is 426 g/mol. The van der Waals surface area contributed by atoms with Gasteiger partial charge in [0.25, 0.3) is 0 Å². The number of aromatic nitrogens is 2. The maximum Gasteiger partial charge on any atom is 0.167 e. The fourth-order valence-electron chi connectivity index (χ4n) is 3.47. The molecule has 0 amide bonds. The van der Waals surface area contributed by atoms with Crippen LogP contribution in [0.3, 0.4) is 0 Å². The van der Waals surface area contributed by atoms with E-state index in [2.05, 4.69) is 34.6 Å². The standard InChI is InChI=1S/C22H27ClN6O/c1-2-3-8-20-26-21(23)19(14-30)29(20)13-15-9-11-16(12-10-15)17-6-4-5-7-18(17)22(27-24)28-25/h4-7,9-12,30H,2-3,8,13-14,24-25H2,1H3,(H,27,28). The summed E-state index contributed by atoms with van der Waals surface area (Å²) in [5, 5.41) is 13.9. The molecule has 158 valence electrons. The molecule has 30 heavy (non-hydrogen) atoms. The molecule has 0 radical (unpaired) electrons. The number of aliphatic hydroxyl groups excluding tert-OH is 1. The van der Waals surface area contributed by atoms with E-state index >= 15 is 0 Å². The number of nitrogens with zero attached hydrogens (tertiary/aromatic N) is 3. The first-order valence-electron chi connectivity index (χ1n) is 9.90. The number of hydrazone groups is 1. The third-order valence-corrected chi connectivity index (χ3v) is 5.36. The van der Waals surface area contributed by atoms with Crippen molar-refractivity contribution in [1.82, 2.24) is 15.0 Å². The summed E-state index contributed by atoms with van der Waals surface area (Å²) < 4.78 is 2.01. The number of aliphatic hydroxyl groups is 1. The van der Waals surface area contributed by atoms with Crippen LogP contribution in [0.5, 0.6) is 0 Å². The van der Waals surface area contributed by atoms with Gasteiger partial charge in [-0.25, -0.2) is 10.8 Å². The molecule has 1 heterocycles. The number of nitrogens with two attached hydrogens (primary N) is 2. The number of nitrogens with one attached hydrogen (secondary N) is 1. The first-order valence-corrected chi connectivity index (χ1v) is 10.3. The lowest BCUT2D eigenvalue weighted by Gasteiger charge is -2.13. The molecule has 0 spiro atoms. The average molecular weight is 427 g/mol. The van der Waals surface area contributed by atoms with Gasteiger partial charge in [0.05, 0.1) is 12.3 Å². The number of unbranched alkanes of at least 4 members (excludes halogenated alkanes) is 1. The molecule has 8 heteroatoms. The number of hydrazine groups is 1. The second-order valence-corrected chi connectivity index (χ2v) is 7.34. The van der Waals surface area contributed by atoms with Crippen LogP contribution in [0.2, 0.25) is 5.15 Å². The molecule has 2 aromatic carbocycles. The van der Waals surface area contributed by atoms with E-state index in [-0.39, 0.29) is 6.61 Å². The molecule has 7 nitrogen and oxygen atoms in total. The predicted octanol–water partition coefficient (Wildman–Crippen LogP) is 3.17. The van der Waals surface area contributed by atoms with Crippen LogP contribution in [0.25, 0.3) is 11.1 Å². The number of amidine groups is 1. The van der Waals surface area contributed by atoms with Crippen LogP contribution >= 0.6 is 11.6 Å². The maximum absolute atomic E-state index is 9.76. The topological polar surface area (TPSA) is 114 Å². The zero-order valence-electron chi connectivity index (χ0n) is 17.0. The van der Waals surface area contributed by atoms with Crippen molar-refractivity contribution in [3.05, 3.63) is 76.3 Å². The fourth-order valence-corrected chi connectivity index (χ4v) is 3.73. The number of hydrogen-bond acceptors (Lipinski definition) is 5. The lowest BCUT2D eigenvalue weighted by molar-refractivity contribution is 0.271. The van der Waals surface area contributed by atoms with Crippen LogP contribution in [0.15, 0.2) is 53.6 Å². The van der Waals surface area contributed by atoms with Gasteiger partial charge in [0, 0.05) is 18.5 Å². The van der Waals surface area contributed by atoms with Crippen molar-refractivity contribution in [2.24, 2.45) is 16.8 Å². The van der Waals surface area contributed by atoms with Crippen LogP contribution in [0.4, 0.5) is 0 Å². The summed E-state index contributed by atoms with van der Waals surface area (Å²) in [5.41, 5.74) is 7.08. The Morgan fingerprint density at radius 2 is 1.93 bits per heavy atom. The summed E-state index contributed by atoms with van der Waals surface area (Å²) in [7, 11) is 0. The van der Waals surface area contributed by atoms with Gasteiger partial charge in [-0.1, -0.05) is 73.5 Å². The van der Waals surface area contributed by atoms with Gasteiger partial charge in [0.15, 0.2) is 11.0 Å². The Kier molecular flexibility index (Phi) is 7.46. The summed E-state index contributed by atoms with van der Waals surface area (Å²) in [5.74, 6) is 12.3. The van der Waals surface area contributed by atoms with E-state index in [1.165, 1.54) is 0 Å². The van der Waals surface area contributed by atoms with Crippen LogP contribution in [-0.2, 0) is 19.6 Å². The highest BCUT2D eigenvalue weighted by atomic mass is 35.5. The Morgan fingerprint density at radius 3 is 2.57 bits per heavy atom. The van der Waals surface area contributed by atoms with Crippen molar-refractivity contribution >= 4 is 17.4 Å². The lowest BCUT2D eigenvalue weighted by Crippen LogP contribution is -2.32. The van der Waals surface area contributed by atoms with Gasteiger partial charge in [-0.3, -0.25) is 0 Å². The molecular formula is C22H27ClN6O. The molecule has 3 rings (SSSR count). The van der Waals surface area contributed by atoms with E-state index in [0.29, 0.717) is 23.2 Å². The largest absolute Gasteiger partial charge is 0.390 e. The Morgan fingerprint density at radius 1 is 1.20 bits per heavy atom. The minimum Gasteiger partial charge on any atom is -0.390 e. The van der Waals surface area contributed by atoms with Gasteiger partial charge in [0.1, 0.15) is 5.82 Å². The first kappa shape index (κ1) is 21.8. The molecule has 3 aromatic rings. The van der Waals surface area contributed by atoms with E-state index < -0.39 is 0 Å².